The number of nitrogens with zero attached hydrogens (tertiary/aromatic N) is 4. The van der Waals surface area contributed by atoms with Crippen molar-refractivity contribution >= 4 is 28.6 Å². The van der Waals surface area contributed by atoms with Gasteiger partial charge in [-0.3, -0.25) is 19.1 Å². The van der Waals surface area contributed by atoms with Gasteiger partial charge >= 0.3 is 6.18 Å². The second-order valence-electron chi connectivity index (χ2n) is 12.6. The zero-order valence-electron chi connectivity index (χ0n) is 25.4. The third-order valence-electron chi connectivity index (χ3n) is 9.49. The minimum absolute atomic E-state index is 0.0236. The second kappa shape index (κ2) is 12.8. The molecule has 3 aliphatic heterocycles. The molecule has 3 aliphatic rings. The number of hydrogen-bond acceptors (Lipinski definition) is 5. The number of aromatic nitrogens is 2. The highest BCUT2D eigenvalue weighted by molar-refractivity contribution is 5.94. The van der Waals surface area contributed by atoms with Gasteiger partial charge in [0.25, 0.3) is 0 Å². The number of fused-ring (bicyclic) bond motifs is 1. The Kier molecular flexibility index (Phi) is 8.85. The highest BCUT2D eigenvalue weighted by Gasteiger charge is 2.46. The first-order valence-corrected chi connectivity index (χ1v) is 15.8. The SMILES string of the molecule is Cn1ncc2cc(CNC(=O)[C@@H]3C[C@@H](Cc4cccc(C(F)(F)F)c4)CN3C(=O)[C@@H]3NCCC[C@@H]3C(=O)N3CCCC3)ccc21. The molecule has 240 valence electrons. The van der Waals surface area contributed by atoms with E-state index in [0.29, 0.717) is 44.5 Å². The van der Waals surface area contributed by atoms with Gasteiger partial charge in [-0.2, -0.15) is 18.3 Å². The molecule has 9 nitrogen and oxygen atoms in total. The average Bonchev–Trinajstić information content (AvgIpc) is 3.80. The molecule has 12 heteroatoms. The molecule has 0 bridgehead atoms. The van der Waals surface area contributed by atoms with E-state index in [1.807, 2.05) is 30.1 Å². The van der Waals surface area contributed by atoms with E-state index in [1.54, 1.807) is 21.8 Å². The predicted octanol–water partition coefficient (Wildman–Crippen LogP) is 3.66. The Balaban J connectivity index is 1.21. The van der Waals surface area contributed by atoms with E-state index in [0.717, 1.165) is 47.9 Å². The average molecular weight is 625 g/mol. The Morgan fingerprint density at radius 3 is 2.60 bits per heavy atom. The predicted molar refractivity (Wildman–Crippen MR) is 162 cm³/mol. The molecule has 4 heterocycles. The van der Waals surface area contributed by atoms with Crippen molar-refractivity contribution in [1.82, 2.24) is 30.2 Å². The lowest BCUT2D eigenvalue weighted by molar-refractivity contribution is -0.146. The van der Waals surface area contributed by atoms with Gasteiger partial charge in [-0.15, -0.1) is 0 Å². The van der Waals surface area contributed by atoms with Crippen LogP contribution in [-0.4, -0.2) is 75.6 Å². The molecule has 3 amide bonds. The number of alkyl halides is 3. The smallest absolute Gasteiger partial charge is 0.350 e. The fraction of sp³-hybridized carbons (Fsp3) is 0.515. The van der Waals surface area contributed by atoms with Gasteiger partial charge in [0.15, 0.2) is 0 Å². The summed E-state index contributed by atoms with van der Waals surface area (Å²) in [7, 11) is 1.86. The first-order valence-electron chi connectivity index (χ1n) is 15.8. The first-order chi connectivity index (χ1) is 21.6. The van der Waals surface area contributed by atoms with E-state index in [-0.39, 0.29) is 36.7 Å². The Bertz CT molecular complexity index is 1570. The number of hydrogen-bond donors (Lipinski definition) is 2. The molecule has 3 fully saturated rings. The van der Waals surface area contributed by atoms with Gasteiger partial charge in [0.05, 0.1) is 29.2 Å². The molecule has 0 spiro atoms. The van der Waals surface area contributed by atoms with Crippen molar-refractivity contribution in [2.75, 3.05) is 26.2 Å². The van der Waals surface area contributed by atoms with Crippen LogP contribution in [0.5, 0.6) is 0 Å². The van der Waals surface area contributed by atoms with Gasteiger partial charge in [0.2, 0.25) is 17.7 Å². The fourth-order valence-electron chi connectivity index (χ4n) is 7.17. The standard InChI is InChI=1S/C33H39F3N6O3/c1-40-27-10-9-22(15-24(27)19-39-40)18-38-30(43)28-17-23(14-21-6-4-7-25(16-21)33(34,35)36)20-42(28)32(45)29-26(8-5-11-37-29)31(44)41-12-2-3-13-41/h4,6-7,9-10,15-16,19,23,26,28-29,37H,2-3,5,8,11-14,17-18,20H2,1H3,(H,38,43)/t23-,26+,28+,29-/m1/s1. The van der Waals surface area contributed by atoms with Crippen molar-refractivity contribution in [3.63, 3.8) is 0 Å². The lowest BCUT2D eigenvalue weighted by atomic mass is 9.88. The van der Waals surface area contributed by atoms with Crippen LogP contribution in [0.4, 0.5) is 13.2 Å². The first kappa shape index (κ1) is 31.1. The third-order valence-corrected chi connectivity index (χ3v) is 9.49. The monoisotopic (exact) mass is 624 g/mol. The van der Waals surface area contributed by atoms with Crippen LogP contribution in [0.3, 0.4) is 0 Å². The van der Waals surface area contributed by atoms with Gasteiger partial charge in [0, 0.05) is 38.6 Å². The molecule has 2 aromatic carbocycles. The molecule has 2 N–H and O–H groups in total. The zero-order chi connectivity index (χ0) is 31.7. The minimum Gasteiger partial charge on any atom is -0.350 e. The van der Waals surface area contributed by atoms with E-state index in [2.05, 4.69) is 15.7 Å². The van der Waals surface area contributed by atoms with E-state index in [4.69, 9.17) is 0 Å². The summed E-state index contributed by atoms with van der Waals surface area (Å²) in [6.07, 6.45) is 1.17. The third kappa shape index (κ3) is 6.70. The maximum Gasteiger partial charge on any atom is 0.416 e. The Morgan fingerprint density at radius 2 is 1.82 bits per heavy atom. The maximum absolute atomic E-state index is 14.2. The topological polar surface area (TPSA) is 99.6 Å². The van der Waals surface area contributed by atoms with Crippen molar-refractivity contribution in [2.24, 2.45) is 18.9 Å². The number of carbonyl (C=O) groups excluding carboxylic acids is 3. The number of nitrogens with one attached hydrogen (secondary N) is 2. The molecular formula is C33H39F3N6O3. The van der Waals surface area contributed by atoms with E-state index in [1.165, 1.54) is 6.07 Å². The lowest BCUT2D eigenvalue weighted by Crippen LogP contribution is -2.59. The molecule has 45 heavy (non-hydrogen) atoms. The molecule has 0 radical (unpaired) electrons. The van der Waals surface area contributed by atoms with Crippen LogP contribution in [0.25, 0.3) is 10.9 Å². The summed E-state index contributed by atoms with van der Waals surface area (Å²) < 4.78 is 42.0. The molecule has 0 aliphatic carbocycles. The number of halogens is 3. The molecular weight excluding hydrogens is 585 g/mol. The van der Waals surface area contributed by atoms with Gasteiger partial charge in [-0.1, -0.05) is 24.3 Å². The van der Waals surface area contributed by atoms with Crippen molar-refractivity contribution in [2.45, 2.75) is 63.3 Å². The summed E-state index contributed by atoms with van der Waals surface area (Å²) >= 11 is 0. The Labute approximate surface area is 260 Å². The molecule has 1 aromatic heterocycles. The number of piperidine rings is 1. The summed E-state index contributed by atoms with van der Waals surface area (Å²) in [5, 5.41) is 11.5. The van der Waals surface area contributed by atoms with E-state index in [9.17, 15) is 27.6 Å². The summed E-state index contributed by atoms with van der Waals surface area (Å²) in [5.41, 5.74) is 1.63. The number of likely N-dealkylation sites (tertiary alicyclic amines) is 2. The molecule has 4 atom stereocenters. The van der Waals surface area contributed by atoms with Crippen LogP contribution in [-0.2, 0) is 40.6 Å². The van der Waals surface area contributed by atoms with Crippen LogP contribution in [0.2, 0.25) is 0 Å². The summed E-state index contributed by atoms with van der Waals surface area (Å²) in [6.45, 7) is 2.44. The number of rotatable bonds is 7. The van der Waals surface area contributed by atoms with Crippen molar-refractivity contribution < 1.29 is 27.6 Å². The van der Waals surface area contributed by atoms with Crippen LogP contribution in [0, 0.1) is 11.8 Å². The normalized spacial score (nSPS) is 23.9. The van der Waals surface area contributed by atoms with Crippen molar-refractivity contribution in [1.29, 1.82) is 0 Å². The molecule has 0 unspecified atom stereocenters. The van der Waals surface area contributed by atoms with Crippen LogP contribution < -0.4 is 10.6 Å². The van der Waals surface area contributed by atoms with Gasteiger partial charge in [-0.25, -0.2) is 0 Å². The largest absolute Gasteiger partial charge is 0.416 e. The number of amides is 3. The molecule has 6 rings (SSSR count). The number of carbonyl (C=O) groups is 3. The lowest BCUT2D eigenvalue weighted by Gasteiger charge is -2.36. The second-order valence-corrected chi connectivity index (χ2v) is 12.6. The molecule has 0 saturated carbocycles. The Hall–Kier alpha value is -3.93. The van der Waals surface area contributed by atoms with Gasteiger partial charge in [-0.05, 0) is 80.3 Å². The summed E-state index contributed by atoms with van der Waals surface area (Å²) in [5.74, 6) is -1.38. The molecule has 3 saturated heterocycles. The van der Waals surface area contributed by atoms with Gasteiger partial charge < -0.3 is 20.4 Å². The summed E-state index contributed by atoms with van der Waals surface area (Å²) in [4.78, 5) is 44.8. The van der Waals surface area contributed by atoms with Crippen LogP contribution in [0.1, 0.15) is 48.8 Å². The highest BCUT2D eigenvalue weighted by Crippen LogP contribution is 2.33. The fourth-order valence-corrected chi connectivity index (χ4v) is 7.17. The van der Waals surface area contributed by atoms with Gasteiger partial charge in [0.1, 0.15) is 6.04 Å². The zero-order valence-corrected chi connectivity index (χ0v) is 25.4. The van der Waals surface area contributed by atoms with Crippen LogP contribution >= 0.6 is 0 Å². The van der Waals surface area contributed by atoms with Crippen molar-refractivity contribution in [3.8, 4) is 0 Å². The number of aryl methyl sites for hydroxylation is 1. The molecule has 3 aromatic rings. The minimum atomic E-state index is -4.46. The Morgan fingerprint density at radius 1 is 1.02 bits per heavy atom. The maximum atomic E-state index is 14.2. The summed E-state index contributed by atoms with van der Waals surface area (Å²) in [6, 6.07) is 9.48. The number of benzene rings is 2. The van der Waals surface area contributed by atoms with Crippen molar-refractivity contribution in [3.05, 3.63) is 65.4 Å². The van der Waals surface area contributed by atoms with E-state index < -0.39 is 29.7 Å². The van der Waals surface area contributed by atoms with Crippen LogP contribution in [0.15, 0.2) is 48.7 Å². The quantitative estimate of drug-likeness (QED) is 0.418. The highest BCUT2D eigenvalue weighted by atomic mass is 19.4. The van der Waals surface area contributed by atoms with E-state index >= 15 is 0 Å².